The van der Waals surface area contributed by atoms with Crippen molar-refractivity contribution >= 4 is 17.6 Å². The highest BCUT2D eigenvalue weighted by atomic mass is 16.6. The Morgan fingerprint density at radius 2 is 1.81 bits per heavy atom. The van der Waals surface area contributed by atoms with Crippen LogP contribution in [0.15, 0.2) is 12.1 Å². The smallest absolute Gasteiger partial charge is 0.336 e. The second-order valence-corrected chi connectivity index (χ2v) is 3.05. The molecule has 1 aromatic rings. The molecule has 0 saturated carbocycles. The predicted octanol–water partition coefficient (Wildman–Crippen LogP) is 1.30. The Bertz CT molecular complexity index is 493. The number of non-ortho nitro benzene ring substituents is 1. The number of carboxylic acid groups (broad SMARTS) is 2. The lowest BCUT2D eigenvalue weighted by Gasteiger charge is -2.04. The maximum atomic E-state index is 10.8. The fraction of sp³-hybridized carbons (Fsp3) is 0.111. The molecule has 7 heteroatoms. The molecule has 0 unspecified atom stereocenters. The molecule has 0 radical (unpaired) electrons. The number of benzene rings is 1. The molecule has 0 bridgehead atoms. The summed E-state index contributed by atoms with van der Waals surface area (Å²) in [5, 5.41) is 28.0. The molecule has 1 rings (SSSR count). The van der Waals surface area contributed by atoms with Crippen LogP contribution in [0, 0.1) is 17.0 Å². The van der Waals surface area contributed by atoms with E-state index in [-0.39, 0.29) is 5.56 Å². The first-order valence-corrected chi connectivity index (χ1v) is 4.10. The van der Waals surface area contributed by atoms with Crippen LogP contribution < -0.4 is 0 Å². The summed E-state index contributed by atoms with van der Waals surface area (Å²) >= 11 is 0. The molecule has 0 heterocycles. The van der Waals surface area contributed by atoms with Gasteiger partial charge in [0.05, 0.1) is 16.1 Å². The average molecular weight is 225 g/mol. The van der Waals surface area contributed by atoms with Crippen molar-refractivity contribution < 1.29 is 24.7 Å². The SMILES string of the molecule is Cc1cc([N+](=O)[O-])cc(C(=O)O)c1C(=O)O. The molecule has 7 nitrogen and oxygen atoms in total. The Balaban J connectivity index is 3.58. The third-order valence-corrected chi connectivity index (χ3v) is 1.98. The van der Waals surface area contributed by atoms with Gasteiger partial charge in [0.2, 0.25) is 0 Å². The number of hydrogen-bond donors (Lipinski definition) is 2. The lowest BCUT2D eigenvalue weighted by atomic mass is 10.0. The first kappa shape index (κ1) is 11.6. The first-order valence-electron chi connectivity index (χ1n) is 4.10. The van der Waals surface area contributed by atoms with Crippen LogP contribution in [0.1, 0.15) is 26.3 Å². The van der Waals surface area contributed by atoms with Gasteiger partial charge in [0.15, 0.2) is 0 Å². The van der Waals surface area contributed by atoms with Crippen LogP contribution in [0.3, 0.4) is 0 Å². The van der Waals surface area contributed by atoms with Gasteiger partial charge in [0.25, 0.3) is 5.69 Å². The van der Waals surface area contributed by atoms with E-state index < -0.39 is 33.7 Å². The highest BCUT2D eigenvalue weighted by Crippen LogP contribution is 2.22. The van der Waals surface area contributed by atoms with E-state index in [4.69, 9.17) is 10.2 Å². The highest BCUT2D eigenvalue weighted by molar-refractivity contribution is 6.03. The van der Waals surface area contributed by atoms with Gasteiger partial charge in [-0.15, -0.1) is 0 Å². The lowest BCUT2D eigenvalue weighted by molar-refractivity contribution is -0.384. The zero-order chi connectivity index (χ0) is 12.5. The van der Waals surface area contributed by atoms with E-state index >= 15 is 0 Å². The van der Waals surface area contributed by atoms with Crippen molar-refractivity contribution in [2.45, 2.75) is 6.92 Å². The molecule has 1 aromatic carbocycles. The van der Waals surface area contributed by atoms with Crippen molar-refractivity contribution in [1.29, 1.82) is 0 Å². The number of nitro groups is 1. The predicted molar refractivity (Wildman–Crippen MR) is 51.8 cm³/mol. The zero-order valence-corrected chi connectivity index (χ0v) is 8.13. The van der Waals surface area contributed by atoms with Crippen molar-refractivity contribution in [2.24, 2.45) is 0 Å². The van der Waals surface area contributed by atoms with E-state index in [0.29, 0.717) is 0 Å². The average Bonchev–Trinajstić information content (AvgIpc) is 2.15. The largest absolute Gasteiger partial charge is 0.478 e. The van der Waals surface area contributed by atoms with E-state index in [1.807, 2.05) is 0 Å². The number of aromatic carboxylic acids is 2. The van der Waals surface area contributed by atoms with Gasteiger partial charge in [-0.25, -0.2) is 9.59 Å². The summed E-state index contributed by atoms with van der Waals surface area (Å²) in [5.74, 6) is -2.94. The van der Waals surface area contributed by atoms with Crippen LogP contribution in [0.2, 0.25) is 0 Å². The Hall–Kier alpha value is -2.44. The van der Waals surface area contributed by atoms with E-state index in [9.17, 15) is 19.7 Å². The van der Waals surface area contributed by atoms with Gasteiger partial charge in [-0.1, -0.05) is 0 Å². The first-order chi connectivity index (χ1) is 7.34. The molecule has 0 aromatic heterocycles. The molecule has 0 saturated heterocycles. The van der Waals surface area contributed by atoms with Crippen molar-refractivity contribution in [3.05, 3.63) is 38.9 Å². The number of nitrogens with zero attached hydrogens (tertiary/aromatic N) is 1. The number of nitro benzene ring substituents is 1. The summed E-state index contributed by atoms with van der Waals surface area (Å²) in [7, 11) is 0. The third-order valence-electron chi connectivity index (χ3n) is 1.98. The van der Waals surface area contributed by atoms with Crippen LogP contribution in [0.25, 0.3) is 0 Å². The van der Waals surface area contributed by atoms with Crippen LogP contribution in [-0.2, 0) is 0 Å². The molecule has 0 fully saturated rings. The van der Waals surface area contributed by atoms with Crippen LogP contribution in [0.4, 0.5) is 5.69 Å². The molecule has 0 aliphatic carbocycles. The number of aryl methyl sites for hydroxylation is 1. The lowest BCUT2D eigenvalue weighted by Crippen LogP contribution is -2.11. The van der Waals surface area contributed by atoms with Gasteiger partial charge in [-0.05, 0) is 12.5 Å². The van der Waals surface area contributed by atoms with Gasteiger partial charge in [0, 0.05) is 12.1 Å². The second-order valence-electron chi connectivity index (χ2n) is 3.05. The monoisotopic (exact) mass is 225 g/mol. The minimum Gasteiger partial charge on any atom is -0.478 e. The quantitative estimate of drug-likeness (QED) is 0.591. The fourth-order valence-corrected chi connectivity index (χ4v) is 1.33. The Morgan fingerprint density at radius 1 is 1.25 bits per heavy atom. The Labute approximate surface area is 89.1 Å². The third kappa shape index (κ3) is 1.97. The van der Waals surface area contributed by atoms with Crippen molar-refractivity contribution in [2.75, 3.05) is 0 Å². The summed E-state index contributed by atoms with van der Waals surface area (Å²) in [6, 6.07) is 1.76. The summed E-state index contributed by atoms with van der Waals surface area (Å²) in [6.45, 7) is 1.31. The maximum Gasteiger partial charge on any atom is 0.336 e. The van der Waals surface area contributed by atoms with E-state index in [2.05, 4.69) is 0 Å². The summed E-state index contributed by atoms with van der Waals surface area (Å²) in [4.78, 5) is 31.3. The molecule has 0 atom stereocenters. The van der Waals surface area contributed by atoms with Crippen LogP contribution in [0.5, 0.6) is 0 Å². The summed E-state index contributed by atoms with van der Waals surface area (Å²) in [6.07, 6.45) is 0. The number of carboxylic acids is 2. The van der Waals surface area contributed by atoms with Gasteiger partial charge >= 0.3 is 11.9 Å². The number of rotatable bonds is 3. The molecule has 0 amide bonds. The molecule has 84 valence electrons. The molecular formula is C9H7NO6. The standard InChI is InChI=1S/C9H7NO6/c1-4-2-5(10(15)16)3-6(8(11)12)7(4)9(13)14/h2-3H,1H3,(H,11,12)(H,13,14). The van der Waals surface area contributed by atoms with E-state index in [1.165, 1.54) is 6.92 Å². The van der Waals surface area contributed by atoms with E-state index in [1.54, 1.807) is 0 Å². The van der Waals surface area contributed by atoms with Gasteiger partial charge < -0.3 is 10.2 Å². The molecule has 2 N–H and O–H groups in total. The van der Waals surface area contributed by atoms with Gasteiger partial charge in [-0.3, -0.25) is 10.1 Å². The van der Waals surface area contributed by atoms with E-state index in [0.717, 1.165) is 12.1 Å². The zero-order valence-electron chi connectivity index (χ0n) is 8.13. The van der Waals surface area contributed by atoms with Crippen molar-refractivity contribution in [3.63, 3.8) is 0 Å². The highest BCUT2D eigenvalue weighted by Gasteiger charge is 2.22. The van der Waals surface area contributed by atoms with Gasteiger partial charge in [-0.2, -0.15) is 0 Å². The molecule has 0 aliphatic heterocycles. The van der Waals surface area contributed by atoms with Crippen LogP contribution in [-0.4, -0.2) is 27.1 Å². The maximum absolute atomic E-state index is 10.8. The molecular weight excluding hydrogens is 218 g/mol. The summed E-state index contributed by atoms with van der Waals surface area (Å²) in [5.41, 5.74) is -1.42. The fourth-order valence-electron chi connectivity index (χ4n) is 1.33. The minimum atomic E-state index is -1.51. The van der Waals surface area contributed by atoms with Crippen LogP contribution >= 0.6 is 0 Å². The number of hydrogen-bond acceptors (Lipinski definition) is 4. The Kier molecular flexibility index (Phi) is 2.89. The van der Waals surface area contributed by atoms with Crippen molar-refractivity contribution in [1.82, 2.24) is 0 Å². The second kappa shape index (κ2) is 3.97. The molecule has 16 heavy (non-hydrogen) atoms. The number of carbonyl (C=O) groups is 2. The Morgan fingerprint density at radius 3 is 2.19 bits per heavy atom. The topological polar surface area (TPSA) is 118 Å². The molecule has 0 spiro atoms. The summed E-state index contributed by atoms with van der Waals surface area (Å²) < 4.78 is 0. The minimum absolute atomic E-state index is 0.0408. The van der Waals surface area contributed by atoms with Gasteiger partial charge in [0.1, 0.15) is 0 Å². The molecule has 0 aliphatic rings. The van der Waals surface area contributed by atoms with Crippen molar-refractivity contribution in [3.8, 4) is 0 Å². The normalized spacial score (nSPS) is 9.81.